The number of nitrogens with zero attached hydrogens (tertiary/aromatic N) is 6. The van der Waals surface area contributed by atoms with Gasteiger partial charge in [-0.3, -0.25) is 9.80 Å². The highest BCUT2D eigenvalue weighted by Gasteiger charge is 2.30. The van der Waals surface area contributed by atoms with Gasteiger partial charge in [0, 0.05) is 32.7 Å². The number of benzene rings is 2. The molecule has 1 saturated heterocycles. The molecule has 0 saturated carbocycles. The lowest BCUT2D eigenvalue weighted by molar-refractivity contribution is -0.137. The van der Waals surface area contributed by atoms with Crippen LogP contribution >= 0.6 is 0 Å². The molecule has 1 aliphatic rings. The SMILES string of the molecule is FC(F)(F)c1cccc(CN2CCN(Cc3nnnn3-c3ccccc3)CC2)c1. The summed E-state index contributed by atoms with van der Waals surface area (Å²) >= 11 is 0. The van der Waals surface area contributed by atoms with Crippen LogP contribution in [0.3, 0.4) is 0 Å². The van der Waals surface area contributed by atoms with Gasteiger partial charge in [-0.05, 0) is 34.2 Å². The lowest BCUT2D eigenvalue weighted by atomic mass is 10.1. The van der Waals surface area contributed by atoms with Gasteiger partial charge >= 0.3 is 6.18 Å². The van der Waals surface area contributed by atoms with Crippen LogP contribution in [0.15, 0.2) is 54.6 Å². The summed E-state index contributed by atoms with van der Waals surface area (Å²) in [6.07, 6.45) is -4.31. The predicted molar refractivity (Wildman–Crippen MR) is 101 cm³/mol. The minimum Gasteiger partial charge on any atom is -0.297 e. The second kappa shape index (κ2) is 8.30. The first kappa shape index (κ1) is 19.5. The summed E-state index contributed by atoms with van der Waals surface area (Å²) in [6, 6.07) is 15.3. The van der Waals surface area contributed by atoms with Gasteiger partial charge in [0.15, 0.2) is 5.82 Å². The third-order valence-electron chi connectivity index (χ3n) is 5.03. The quantitative estimate of drug-likeness (QED) is 0.657. The van der Waals surface area contributed by atoms with Crippen LogP contribution in [-0.2, 0) is 19.3 Å². The molecule has 0 unspecified atom stereocenters. The summed E-state index contributed by atoms with van der Waals surface area (Å²) in [5, 5.41) is 12.0. The first-order valence-corrected chi connectivity index (χ1v) is 9.42. The van der Waals surface area contributed by atoms with Crippen molar-refractivity contribution in [3.63, 3.8) is 0 Å². The molecule has 0 spiro atoms. The molecule has 0 radical (unpaired) electrons. The van der Waals surface area contributed by atoms with Crippen LogP contribution in [0.2, 0.25) is 0 Å². The lowest BCUT2D eigenvalue weighted by Gasteiger charge is -2.34. The fourth-order valence-corrected chi connectivity index (χ4v) is 3.48. The number of para-hydroxylation sites is 1. The summed E-state index contributed by atoms with van der Waals surface area (Å²) in [5.41, 5.74) is 0.998. The third kappa shape index (κ3) is 4.80. The molecule has 152 valence electrons. The molecular weight excluding hydrogens is 381 g/mol. The molecule has 9 heteroatoms. The molecule has 0 amide bonds. The predicted octanol–water partition coefficient (Wildman–Crippen LogP) is 3.00. The minimum absolute atomic E-state index is 0.513. The van der Waals surface area contributed by atoms with Crippen LogP contribution in [0, 0.1) is 0 Å². The van der Waals surface area contributed by atoms with Crippen LogP contribution in [0.4, 0.5) is 13.2 Å². The summed E-state index contributed by atoms with van der Waals surface area (Å²) in [7, 11) is 0. The maximum Gasteiger partial charge on any atom is 0.416 e. The minimum atomic E-state index is -4.31. The van der Waals surface area contributed by atoms with E-state index in [1.807, 2.05) is 30.3 Å². The van der Waals surface area contributed by atoms with E-state index < -0.39 is 11.7 Å². The van der Waals surface area contributed by atoms with Gasteiger partial charge in [-0.1, -0.05) is 36.4 Å². The zero-order valence-electron chi connectivity index (χ0n) is 15.8. The van der Waals surface area contributed by atoms with Crippen molar-refractivity contribution in [3.05, 3.63) is 71.5 Å². The van der Waals surface area contributed by atoms with Gasteiger partial charge in [0.1, 0.15) is 0 Å². The van der Waals surface area contributed by atoms with E-state index in [0.717, 1.165) is 43.8 Å². The van der Waals surface area contributed by atoms with Crippen LogP contribution < -0.4 is 0 Å². The number of alkyl halides is 3. The Labute approximate surface area is 166 Å². The van der Waals surface area contributed by atoms with E-state index in [2.05, 4.69) is 25.3 Å². The second-order valence-corrected chi connectivity index (χ2v) is 7.09. The van der Waals surface area contributed by atoms with Crippen molar-refractivity contribution in [1.82, 2.24) is 30.0 Å². The normalized spacial score (nSPS) is 16.2. The van der Waals surface area contributed by atoms with E-state index in [1.165, 1.54) is 12.1 Å². The zero-order chi connectivity index (χ0) is 20.3. The van der Waals surface area contributed by atoms with Crippen molar-refractivity contribution in [3.8, 4) is 5.69 Å². The first-order valence-electron chi connectivity index (χ1n) is 9.42. The fraction of sp³-hybridized carbons (Fsp3) is 0.350. The molecule has 1 aromatic heterocycles. The highest BCUT2D eigenvalue weighted by molar-refractivity contribution is 5.30. The largest absolute Gasteiger partial charge is 0.416 e. The van der Waals surface area contributed by atoms with Crippen LogP contribution in [0.5, 0.6) is 0 Å². The number of aromatic nitrogens is 4. The van der Waals surface area contributed by atoms with Crippen molar-refractivity contribution < 1.29 is 13.2 Å². The molecule has 0 bridgehead atoms. The van der Waals surface area contributed by atoms with Crippen molar-refractivity contribution >= 4 is 0 Å². The maximum absolute atomic E-state index is 12.9. The molecule has 3 aromatic rings. The van der Waals surface area contributed by atoms with E-state index in [4.69, 9.17) is 0 Å². The number of tetrazole rings is 1. The van der Waals surface area contributed by atoms with Crippen molar-refractivity contribution in [2.24, 2.45) is 0 Å². The molecule has 29 heavy (non-hydrogen) atoms. The van der Waals surface area contributed by atoms with E-state index in [9.17, 15) is 13.2 Å². The van der Waals surface area contributed by atoms with E-state index in [1.54, 1.807) is 10.7 Å². The van der Waals surface area contributed by atoms with Gasteiger partial charge in [-0.2, -0.15) is 17.9 Å². The Morgan fingerprint density at radius 3 is 2.21 bits per heavy atom. The molecule has 0 atom stereocenters. The smallest absolute Gasteiger partial charge is 0.297 e. The Morgan fingerprint density at radius 1 is 0.828 bits per heavy atom. The third-order valence-corrected chi connectivity index (χ3v) is 5.03. The molecule has 2 heterocycles. The number of hydrogen-bond acceptors (Lipinski definition) is 5. The molecule has 4 rings (SSSR count). The standard InChI is InChI=1S/C20H21F3N6/c21-20(22,23)17-6-4-5-16(13-17)14-27-9-11-28(12-10-27)15-19-24-25-26-29(19)18-7-2-1-3-8-18/h1-8,13H,9-12,14-15H2. The number of halogens is 3. The fourth-order valence-electron chi connectivity index (χ4n) is 3.48. The van der Waals surface area contributed by atoms with Crippen molar-refractivity contribution in [2.45, 2.75) is 19.3 Å². The van der Waals surface area contributed by atoms with Crippen molar-refractivity contribution in [1.29, 1.82) is 0 Å². The summed E-state index contributed by atoms with van der Waals surface area (Å²) in [4.78, 5) is 4.43. The maximum atomic E-state index is 12.9. The van der Waals surface area contributed by atoms with Gasteiger partial charge < -0.3 is 0 Å². The van der Waals surface area contributed by atoms with Crippen LogP contribution in [-0.4, -0.2) is 56.2 Å². The summed E-state index contributed by atoms with van der Waals surface area (Å²) in [6.45, 7) is 4.31. The highest BCUT2D eigenvalue weighted by atomic mass is 19.4. The Hall–Kier alpha value is -2.78. The monoisotopic (exact) mass is 402 g/mol. The van der Waals surface area contributed by atoms with E-state index in [0.29, 0.717) is 18.7 Å². The molecular formula is C20H21F3N6. The second-order valence-electron chi connectivity index (χ2n) is 7.09. The van der Waals surface area contributed by atoms with Crippen LogP contribution in [0.25, 0.3) is 5.69 Å². The van der Waals surface area contributed by atoms with E-state index in [-0.39, 0.29) is 0 Å². The molecule has 2 aromatic carbocycles. The number of hydrogen-bond donors (Lipinski definition) is 0. The van der Waals surface area contributed by atoms with Gasteiger partial charge in [0.2, 0.25) is 0 Å². The average molecular weight is 402 g/mol. The summed E-state index contributed by atoms with van der Waals surface area (Å²) < 4.78 is 40.4. The topological polar surface area (TPSA) is 50.1 Å². The molecule has 0 aliphatic carbocycles. The lowest BCUT2D eigenvalue weighted by Crippen LogP contribution is -2.45. The van der Waals surface area contributed by atoms with Crippen LogP contribution in [0.1, 0.15) is 17.0 Å². The molecule has 1 aliphatic heterocycles. The zero-order valence-corrected chi connectivity index (χ0v) is 15.8. The van der Waals surface area contributed by atoms with Gasteiger partial charge in [0.05, 0.1) is 17.8 Å². The Bertz CT molecular complexity index is 933. The van der Waals surface area contributed by atoms with E-state index >= 15 is 0 Å². The molecule has 0 N–H and O–H groups in total. The van der Waals surface area contributed by atoms with Gasteiger partial charge in [-0.25, -0.2) is 0 Å². The first-order chi connectivity index (χ1) is 14.0. The number of rotatable bonds is 5. The van der Waals surface area contributed by atoms with Crippen molar-refractivity contribution in [2.75, 3.05) is 26.2 Å². The molecule has 6 nitrogen and oxygen atoms in total. The average Bonchev–Trinajstić information content (AvgIpc) is 3.18. The van der Waals surface area contributed by atoms with Gasteiger partial charge in [0.25, 0.3) is 0 Å². The molecule has 1 fully saturated rings. The number of piperazine rings is 1. The summed E-state index contributed by atoms with van der Waals surface area (Å²) in [5.74, 6) is 0.766. The Balaban J connectivity index is 1.34. The highest BCUT2D eigenvalue weighted by Crippen LogP contribution is 2.29. The van der Waals surface area contributed by atoms with Gasteiger partial charge in [-0.15, -0.1) is 5.10 Å². The Morgan fingerprint density at radius 2 is 1.52 bits per heavy atom. The Kier molecular flexibility index (Phi) is 5.59.